The number of β-amino-alcohol motifs (C(OH)–C–C–N with tert-alkyl or cyclic N) is 1. The van der Waals surface area contributed by atoms with E-state index < -0.39 is 12.2 Å². The number of likely N-dealkylation sites (tertiary alicyclic amines) is 1. The number of piperidine rings is 1. The van der Waals surface area contributed by atoms with Crippen molar-refractivity contribution >= 4 is 5.91 Å². The third kappa shape index (κ3) is 2.67. The molecule has 82 valence electrons. The lowest BCUT2D eigenvalue weighted by atomic mass is 10.1. The number of hydrogen-bond acceptors (Lipinski definition) is 4. The molecule has 14 heavy (non-hydrogen) atoms. The van der Waals surface area contributed by atoms with Gasteiger partial charge in [-0.25, -0.2) is 0 Å². The predicted octanol–water partition coefficient (Wildman–Crippen LogP) is -1.06. The van der Waals surface area contributed by atoms with Crippen molar-refractivity contribution in [3.63, 3.8) is 0 Å². The zero-order chi connectivity index (χ0) is 10.6. The van der Waals surface area contributed by atoms with Crippen LogP contribution >= 0.6 is 0 Å². The number of hydrogen-bond donors (Lipinski definition) is 2. The van der Waals surface area contributed by atoms with Crippen LogP contribution in [0.15, 0.2) is 0 Å². The van der Waals surface area contributed by atoms with E-state index in [0.29, 0.717) is 13.1 Å². The Morgan fingerprint density at radius 1 is 1.79 bits per heavy atom. The van der Waals surface area contributed by atoms with Crippen LogP contribution in [0.4, 0.5) is 0 Å². The van der Waals surface area contributed by atoms with E-state index in [0.717, 1.165) is 12.8 Å². The Morgan fingerprint density at radius 2 is 2.50 bits per heavy atom. The molecule has 1 amide bonds. The van der Waals surface area contributed by atoms with Crippen molar-refractivity contribution in [3.8, 4) is 0 Å². The first kappa shape index (κ1) is 11.4. The zero-order valence-electron chi connectivity index (χ0n) is 8.48. The molecule has 3 N–H and O–H groups in total. The highest BCUT2D eigenvalue weighted by Gasteiger charge is 2.27. The quantitative estimate of drug-likeness (QED) is 0.612. The van der Waals surface area contributed by atoms with Crippen molar-refractivity contribution in [1.82, 2.24) is 4.90 Å². The Balaban J connectivity index is 2.50. The Kier molecular flexibility index (Phi) is 4.31. The van der Waals surface area contributed by atoms with Crippen LogP contribution in [0.3, 0.4) is 0 Å². The number of nitrogens with two attached hydrogens (primary N) is 1. The van der Waals surface area contributed by atoms with Crippen LogP contribution in [0.1, 0.15) is 12.8 Å². The molecule has 0 radical (unpaired) electrons. The minimum Gasteiger partial charge on any atom is -0.391 e. The maximum atomic E-state index is 11.7. The summed E-state index contributed by atoms with van der Waals surface area (Å²) in [5, 5.41) is 9.39. The van der Waals surface area contributed by atoms with E-state index >= 15 is 0 Å². The molecule has 5 heteroatoms. The van der Waals surface area contributed by atoms with E-state index in [1.807, 2.05) is 0 Å². The van der Waals surface area contributed by atoms with Crippen LogP contribution in [0, 0.1) is 0 Å². The topological polar surface area (TPSA) is 75.8 Å². The van der Waals surface area contributed by atoms with Gasteiger partial charge < -0.3 is 20.5 Å². The predicted molar refractivity (Wildman–Crippen MR) is 51.7 cm³/mol. The summed E-state index contributed by atoms with van der Waals surface area (Å²) in [5.74, 6) is -0.117. The molecule has 0 aliphatic carbocycles. The average Bonchev–Trinajstić information content (AvgIpc) is 2.19. The molecule has 1 fully saturated rings. The minimum atomic E-state index is -0.569. The van der Waals surface area contributed by atoms with E-state index in [2.05, 4.69) is 0 Å². The highest BCUT2D eigenvalue weighted by Crippen LogP contribution is 2.11. The number of rotatable bonds is 3. The molecule has 0 saturated carbocycles. The van der Waals surface area contributed by atoms with E-state index in [-0.39, 0.29) is 12.5 Å². The summed E-state index contributed by atoms with van der Waals surface area (Å²) in [6, 6.07) is 0. The van der Waals surface area contributed by atoms with Gasteiger partial charge in [0, 0.05) is 26.7 Å². The minimum absolute atomic E-state index is 0.117. The number of aliphatic hydroxyl groups is 1. The van der Waals surface area contributed by atoms with Gasteiger partial charge in [0.2, 0.25) is 0 Å². The molecule has 0 aromatic heterocycles. The molecule has 1 aliphatic heterocycles. The van der Waals surface area contributed by atoms with Crippen LogP contribution in [-0.2, 0) is 9.53 Å². The van der Waals surface area contributed by atoms with Gasteiger partial charge in [0.1, 0.15) is 6.10 Å². The second kappa shape index (κ2) is 5.29. The monoisotopic (exact) mass is 202 g/mol. The molecular weight excluding hydrogens is 184 g/mol. The third-order valence-electron chi connectivity index (χ3n) is 2.48. The van der Waals surface area contributed by atoms with Gasteiger partial charge in [0.15, 0.2) is 0 Å². The van der Waals surface area contributed by atoms with Gasteiger partial charge in [-0.2, -0.15) is 0 Å². The summed E-state index contributed by atoms with van der Waals surface area (Å²) in [6.07, 6.45) is 0.640. The molecule has 1 aliphatic rings. The molecule has 1 heterocycles. The molecule has 2 atom stereocenters. The highest BCUT2D eigenvalue weighted by molar-refractivity contribution is 5.81. The molecule has 0 spiro atoms. The average molecular weight is 202 g/mol. The van der Waals surface area contributed by atoms with E-state index in [1.54, 1.807) is 4.90 Å². The first-order chi connectivity index (χ1) is 6.69. The second-order valence-electron chi connectivity index (χ2n) is 3.54. The summed E-state index contributed by atoms with van der Waals surface area (Å²) in [7, 11) is 1.47. The second-order valence-corrected chi connectivity index (χ2v) is 3.54. The van der Waals surface area contributed by atoms with E-state index in [9.17, 15) is 9.90 Å². The van der Waals surface area contributed by atoms with E-state index in [4.69, 9.17) is 10.5 Å². The lowest BCUT2D eigenvalue weighted by molar-refractivity contribution is -0.144. The summed E-state index contributed by atoms with van der Waals surface area (Å²) in [5.41, 5.74) is 5.39. The number of nitrogens with zero attached hydrogens (tertiary/aromatic N) is 1. The standard InChI is InChI=1S/C9H18N2O3/c1-14-8(5-10)9(13)11-4-2-3-7(12)6-11/h7-8,12H,2-6,10H2,1H3/t7-,8?/m0/s1. The van der Waals surface area contributed by atoms with Crippen molar-refractivity contribution < 1.29 is 14.6 Å². The lowest BCUT2D eigenvalue weighted by Crippen LogP contribution is -2.49. The Hall–Kier alpha value is -0.650. The number of methoxy groups -OCH3 is 1. The highest BCUT2D eigenvalue weighted by atomic mass is 16.5. The fraction of sp³-hybridized carbons (Fsp3) is 0.889. The summed E-state index contributed by atoms with van der Waals surface area (Å²) in [4.78, 5) is 13.3. The van der Waals surface area contributed by atoms with Gasteiger partial charge in [-0.3, -0.25) is 4.79 Å². The van der Waals surface area contributed by atoms with Crippen molar-refractivity contribution in [1.29, 1.82) is 0 Å². The third-order valence-corrected chi connectivity index (χ3v) is 2.48. The molecule has 0 aromatic carbocycles. The lowest BCUT2D eigenvalue weighted by Gasteiger charge is -2.32. The maximum Gasteiger partial charge on any atom is 0.253 e. The summed E-state index contributed by atoms with van der Waals surface area (Å²) >= 11 is 0. The van der Waals surface area contributed by atoms with Crippen molar-refractivity contribution in [2.75, 3.05) is 26.7 Å². The maximum absolute atomic E-state index is 11.7. The van der Waals surface area contributed by atoms with Crippen molar-refractivity contribution in [3.05, 3.63) is 0 Å². The molecule has 5 nitrogen and oxygen atoms in total. The zero-order valence-corrected chi connectivity index (χ0v) is 8.48. The fourth-order valence-corrected chi connectivity index (χ4v) is 1.66. The number of amides is 1. The van der Waals surface area contributed by atoms with Gasteiger partial charge in [0.05, 0.1) is 6.10 Å². The SMILES string of the molecule is COC(CN)C(=O)N1CCC[C@H](O)C1. The largest absolute Gasteiger partial charge is 0.391 e. The van der Waals surface area contributed by atoms with Gasteiger partial charge in [-0.15, -0.1) is 0 Å². The summed E-state index contributed by atoms with van der Waals surface area (Å²) < 4.78 is 4.95. The van der Waals surface area contributed by atoms with Crippen molar-refractivity contribution in [2.24, 2.45) is 5.73 Å². The van der Waals surface area contributed by atoms with Gasteiger partial charge in [0.25, 0.3) is 5.91 Å². The van der Waals surface area contributed by atoms with Crippen LogP contribution in [0.25, 0.3) is 0 Å². The van der Waals surface area contributed by atoms with Crippen LogP contribution < -0.4 is 5.73 Å². The van der Waals surface area contributed by atoms with Gasteiger partial charge in [-0.05, 0) is 12.8 Å². The smallest absolute Gasteiger partial charge is 0.253 e. The Morgan fingerprint density at radius 3 is 3.00 bits per heavy atom. The van der Waals surface area contributed by atoms with Crippen molar-refractivity contribution in [2.45, 2.75) is 25.0 Å². The first-order valence-corrected chi connectivity index (χ1v) is 4.88. The van der Waals surface area contributed by atoms with Crippen LogP contribution in [0.5, 0.6) is 0 Å². The van der Waals surface area contributed by atoms with Crippen LogP contribution in [-0.4, -0.2) is 54.9 Å². The normalized spacial score (nSPS) is 24.8. The Bertz CT molecular complexity index is 194. The molecule has 1 rings (SSSR count). The van der Waals surface area contributed by atoms with Crippen LogP contribution in [0.2, 0.25) is 0 Å². The van der Waals surface area contributed by atoms with Gasteiger partial charge in [-0.1, -0.05) is 0 Å². The molecule has 0 aromatic rings. The fourth-order valence-electron chi connectivity index (χ4n) is 1.66. The summed E-state index contributed by atoms with van der Waals surface area (Å²) in [6.45, 7) is 1.27. The number of ether oxygens (including phenoxy) is 1. The molecular formula is C9H18N2O3. The van der Waals surface area contributed by atoms with E-state index in [1.165, 1.54) is 7.11 Å². The molecule has 1 unspecified atom stereocenters. The Labute approximate surface area is 83.8 Å². The number of aliphatic hydroxyl groups excluding tert-OH is 1. The number of carbonyl (C=O) groups is 1. The molecule has 1 saturated heterocycles. The van der Waals surface area contributed by atoms with Gasteiger partial charge >= 0.3 is 0 Å². The molecule has 0 bridgehead atoms. The number of carbonyl (C=O) groups excluding carboxylic acids is 1. The first-order valence-electron chi connectivity index (χ1n) is 4.88.